The molecule has 0 saturated heterocycles. The molecule has 31 heavy (non-hydrogen) atoms. The number of anilines is 1. The molecule has 0 amide bonds. The van der Waals surface area contributed by atoms with E-state index in [1.54, 1.807) is 42.5 Å². The Kier molecular flexibility index (Phi) is 4.44. The Morgan fingerprint density at radius 2 is 1.65 bits per heavy atom. The predicted octanol–water partition coefficient (Wildman–Crippen LogP) is 5.54. The number of benzene rings is 2. The van der Waals surface area contributed by atoms with Gasteiger partial charge in [0.15, 0.2) is 0 Å². The Balaban J connectivity index is 1.88. The average molecular weight is 447 g/mol. The lowest BCUT2D eigenvalue weighted by Crippen LogP contribution is -2.10. The Hall–Kier alpha value is -3.79. The summed E-state index contributed by atoms with van der Waals surface area (Å²) >= 11 is 12.6. The van der Waals surface area contributed by atoms with Gasteiger partial charge in [0.1, 0.15) is 23.0 Å². The van der Waals surface area contributed by atoms with Crippen LogP contribution in [0.15, 0.2) is 69.9 Å². The fourth-order valence-corrected chi connectivity index (χ4v) is 4.09. The van der Waals surface area contributed by atoms with E-state index in [0.29, 0.717) is 37.8 Å². The van der Waals surface area contributed by atoms with Crippen molar-refractivity contribution in [3.63, 3.8) is 0 Å². The molecule has 0 aliphatic heterocycles. The largest absolute Gasteiger partial charge is 0.422 e. The van der Waals surface area contributed by atoms with Crippen molar-refractivity contribution in [3.05, 3.63) is 86.7 Å². The van der Waals surface area contributed by atoms with Crippen molar-refractivity contribution in [2.75, 3.05) is 5.73 Å². The first-order valence-corrected chi connectivity index (χ1v) is 9.94. The molecule has 5 rings (SSSR count). The summed E-state index contributed by atoms with van der Waals surface area (Å²) in [5.41, 5.74) is 8.07. The van der Waals surface area contributed by atoms with Gasteiger partial charge in [-0.2, -0.15) is 10.4 Å². The fourth-order valence-electron chi connectivity index (χ4n) is 3.63. The summed E-state index contributed by atoms with van der Waals surface area (Å²) in [6, 6.07) is 19.7. The van der Waals surface area contributed by atoms with Crippen LogP contribution < -0.4 is 11.4 Å². The van der Waals surface area contributed by atoms with Gasteiger partial charge in [-0.05, 0) is 30.3 Å². The van der Waals surface area contributed by atoms with Gasteiger partial charge in [-0.3, -0.25) is 0 Å². The van der Waals surface area contributed by atoms with Crippen molar-refractivity contribution >= 4 is 45.3 Å². The Morgan fingerprint density at radius 3 is 2.29 bits per heavy atom. The second-order valence-electron chi connectivity index (χ2n) is 6.85. The number of pyridine rings is 1. The van der Waals surface area contributed by atoms with Crippen LogP contribution in [0.5, 0.6) is 0 Å². The quantitative estimate of drug-likeness (QED) is 0.384. The molecule has 0 aliphatic carbocycles. The van der Waals surface area contributed by atoms with Crippen LogP contribution in [0.2, 0.25) is 10.0 Å². The van der Waals surface area contributed by atoms with E-state index in [-0.39, 0.29) is 22.5 Å². The predicted molar refractivity (Wildman–Crippen MR) is 121 cm³/mol. The molecule has 8 heteroatoms. The third-order valence-corrected chi connectivity index (χ3v) is 5.73. The molecule has 0 fully saturated rings. The molecule has 0 radical (unpaired) electrons. The number of hydrogen-bond donors (Lipinski definition) is 1. The summed E-state index contributed by atoms with van der Waals surface area (Å²) in [4.78, 5) is 12.9. The van der Waals surface area contributed by atoms with Crippen LogP contribution in [0, 0.1) is 11.3 Å². The van der Waals surface area contributed by atoms with Crippen LogP contribution in [0.4, 0.5) is 5.82 Å². The van der Waals surface area contributed by atoms with Gasteiger partial charge >= 0.3 is 5.63 Å². The summed E-state index contributed by atoms with van der Waals surface area (Å²) in [5, 5.41) is 15.8. The van der Waals surface area contributed by atoms with Crippen LogP contribution in [0.3, 0.4) is 0 Å². The van der Waals surface area contributed by atoms with Crippen LogP contribution in [-0.4, -0.2) is 9.61 Å². The first kappa shape index (κ1) is 19.2. The number of aromatic nitrogens is 2. The molecule has 6 nitrogen and oxygen atoms in total. The lowest BCUT2D eigenvalue weighted by molar-refractivity contribution is 0.534. The Bertz CT molecular complexity index is 1610. The number of hydrogen-bond acceptors (Lipinski definition) is 5. The molecular weight excluding hydrogens is 435 g/mol. The Morgan fingerprint density at radius 1 is 1.00 bits per heavy atom. The normalized spacial score (nSPS) is 11.1. The zero-order valence-electron chi connectivity index (χ0n) is 15.8. The highest BCUT2D eigenvalue weighted by Crippen LogP contribution is 2.35. The van der Waals surface area contributed by atoms with Crippen molar-refractivity contribution in [1.82, 2.24) is 9.61 Å². The first-order chi connectivity index (χ1) is 15.0. The molecule has 0 unspecified atom stereocenters. The highest BCUT2D eigenvalue weighted by Gasteiger charge is 2.21. The van der Waals surface area contributed by atoms with Crippen molar-refractivity contribution < 1.29 is 4.42 Å². The van der Waals surface area contributed by atoms with Crippen LogP contribution >= 0.6 is 23.2 Å². The summed E-state index contributed by atoms with van der Waals surface area (Å²) in [5.74, 6) is 0.316. The highest BCUT2D eigenvalue weighted by molar-refractivity contribution is 6.33. The van der Waals surface area contributed by atoms with E-state index in [1.807, 2.05) is 18.2 Å². The van der Waals surface area contributed by atoms with Crippen LogP contribution in [0.25, 0.3) is 38.9 Å². The van der Waals surface area contributed by atoms with Gasteiger partial charge < -0.3 is 10.2 Å². The minimum Gasteiger partial charge on any atom is -0.422 e. The fraction of sp³-hybridized carbons (Fsp3) is 0. The average Bonchev–Trinajstić information content (AvgIpc) is 3.19. The number of fused-ring (bicyclic) bond motifs is 2. The minimum absolute atomic E-state index is 0.0711. The number of nitrogens with two attached hydrogens (primary N) is 1. The van der Waals surface area contributed by atoms with Crippen molar-refractivity contribution in [3.8, 4) is 28.7 Å². The topological polar surface area (TPSA) is 97.3 Å². The molecule has 0 bridgehead atoms. The number of nitriles is 1. The molecular formula is C23H12Cl2N4O2. The van der Waals surface area contributed by atoms with Gasteiger partial charge in [-0.1, -0.05) is 53.5 Å². The summed E-state index contributed by atoms with van der Waals surface area (Å²) < 4.78 is 6.87. The van der Waals surface area contributed by atoms with Gasteiger partial charge in [-0.25, -0.2) is 9.31 Å². The first-order valence-electron chi connectivity index (χ1n) is 9.18. The molecule has 0 saturated carbocycles. The van der Waals surface area contributed by atoms with Gasteiger partial charge in [-0.15, -0.1) is 0 Å². The Labute approximate surface area is 185 Å². The molecule has 3 aromatic heterocycles. The number of nitrogens with zero attached hydrogens (tertiary/aromatic N) is 3. The zero-order chi connectivity index (χ0) is 21.7. The maximum Gasteiger partial charge on any atom is 0.347 e. The molecule has 0 atom stereocenters. The SMILES string of the molecule is N#Cc1c2cc(-c3ccccc3Cl)oc(=O)c2c(N)n2nc(-c3ccccc3Cl)cc12. The van der Waals surface area contributed by atoms with E-state index in [4.69, 9.17) is 33.4 Å². The lowest BCUT2D eigenvalue weighted by atomic mass is 10.0. The third kappa shape index (κ3) is 2.95. The van der Waals surface area contributed by atoms with Gasteiger partial charge in [0.25, 0.3) is 0 Å². The van der Waals surface area contributed by atoms with Crippen LogP contribution in [0.1, 0.15) is 5.56 Å². The van der Waals surface area contributed by atoms with E-state index in [1.165, 1.54) is 4.52 Å². The third-order valence-electron chi connectivity index (χ3n) is 5.07. The van der Waals surface area contributed by atoms with E-state index in [9.17, 15) is 10.1 Å². The monoisotopic (exact) mass is 446 g/mol. The molecule has 0 aliphatic rings. The summed E-state index contributed by atoms with van der Waals surface area (Å²) in [6.45, 7) is 0. The summed E-state index contributed by atoms with van der Waals surface area (Å²) in [6.07, 6.45) is 0. The molecule has 150 valence electrons. The zero-order valence-corrected chi connectivity index (χ0v) is 17.3. The lowest BCUT2D eigenvalue weighted by Gasteiger charge is -2.09. The maximum absolute atomic E-state index is 12.9. The van der Waals surface area contributed by atoms with Gasteiger partial charge in [0.2, 0.25) is 0 Å². The standard InChI is InChI=1S/C23H12Cl2N4O2/c24-16-7-3-1-5-12(16)18-10-19-15(11-26)14-9-20(13-6-2-4-8-17(13)25)31-23(30)21(14)22(27)29(19)28-18/h1-10H,27H2. The minimum atomic E-state index is -0.682. The van der Waals surface area contributed by atoms with Gasteiger partial charge in [0, 0.05) is 16.5 Å². The molecule has 2 aromatic carbocycles. The van der Waals surface area contributed by atoms with Crippen molar-refractivity contribution in [2.24, 2.45) is 0 Å². The summed E-state index contributed by atoms with van der Waals surface area (Å²) in [7, 11) is 0. The number of nitrogen functional groups attached to an aromatic ring is 1. The molecule has 5 aromatic rings. The highest BCUT2D eigenvalue weighted by atomic mass is 35.5. The maximum atomic E-state index is 12.9. The second-order valence-corrected chi connectivity index (χ2v) is 7.66. The van der Waals surface area contributed by atoms with E-state index in [2.05, 4.69) is 11.2 Å². The molecule has 2 N–H and O–H groups in total. The molecule has 3 heterocycles. The number of rotatable bonds is 2. The van der Waals surface area contributed by atoms with E-state index in [0.717, 1.165) is 0 Å². The smallest absolute Gasteiger partial charge is 0.347 e. The van der Waals surface area contributed by atoms with Crippen molar-refractivity contribution in [1.29, 1.82) is 5.26 Å². The van der Waals surface area contributed by atoms with E-state index < -0.39 is 5.63 Å². The van der Waals surface area contributed by atoms with Gasteiger partial charge in [0.05, 0.1) is 26.8 Å². The second kappa shape index (κ2) is 7.17. The van der Waals surface area contributed by atoms with Crippen LogP contribution in [-0.2, 0) is 0 Å². The number of halogens is 2. The van der Waals surface area contributed by atoms with Crippen molar-refractivity contribution in [2.45, 2.75) is 0 Å². The van der Waals surface area contributed by atoms with E-state index >= 15 is 0 Å². The molecule has 0 spiro atoms.